The molecule has 0 radical (unpaired) electrons. The number of aryl methyl sites for hydroxylation is 1. The molecule has 0 fully saturated rings. The minimum atomic E-state index is -3.47. The zero-order valence-electron chi connectivity index (χ0n) is 9.40. The fourth-order valence-electron chi connectivity index (χ4n) is 1.21. The Labute approximate surface area is 96.2 Å². The van der Waals surface area contributed by atoms with Gasteiger partial charge in [0.05, 0.1) is 4.90 Å². The van der Waals surface area contributed by atoms with Crippen molar-refractivity contribution in [2.75, 3.05) is 6.54 Å². The maximum absolute atomic E-state index is 11.8. The molecule has 0 aliphatic rings. The summed E-state index contributed by atoms with van der Waals surface area (Å²) in [5, 5.41) is 0. The molecule has 1 aromatic rings. The monoisotopic (exact) mass is 240 g/mol. The van der Waals surface area contributed by atoms with Crippen molar-refractivity contribution in [1.29, 1.82) is 0 Å². The molecule has 16 heavy (non-hydrogen) atoms. The molecule has 0 aliphatic heterocycles. The molecule has 0 saturated heterocycles. The van der Waals surface area contributed by atoms with E-state index in [1.165, 1.54) is 0 Å². The van der Waals surface area contributed by atoms with E-state index in [1.54, 1.807) is 37.3 Å². The van der Waals surface area contributed by atoms with Crippen LogP contribution >= 0.6 is 0 Å². The predicted octanol–water partition coefficient (Wildman–Crippen LogP) is 1.14. The van der Waals surface area contributed by atoms with Crippen molar-refractivity contribution in [3.05, 3.63) is 41.6 Å². The molecular formula is C11H16N2O2S. The van der Waals surface area contributed by atoms with Gasteiger partial charge in [-0.3, -0.25) is 4.72 Å². The lowest BCUT2D eigenvalue weighted by Crippen LogP contribution is -2.22. The van der Waals surface area contributed by atoms with E-state index in [0.717, 1.165) is 5.56 Å². The number of sulfonamides is 1. The van der Waals surface area contributed by atoms with Gasteiger partial charge in [0.2, 0.25) is 0 Å². The van der Waals surface area contributed by atoms with Crippen molar-refractivity contribution >= 4 is 10.0 Å². The van der Waals surface area contributed by atoms with E-state index in [-0.39, 0.29) is 4.90 Å². The molecule has 0 heterocycles. The van der Waals surface area contributed by atoms with E-state index in [9.17, 15) is 8.42 Å². The Hall–Kier alpha value is -1.33. The summed E-state index contributed by atoms with van der Waals surface area (Å²) in [6.07, 6.45) is 1.62. The van der Waals surface area contributed by atoms with E-state index in [2.05, 4.69) is 4.72 Å². The fourth-order valence-corrected chi connectivity index (χ4v) is 2.33. The van der Waals surface area contributed by atoms with Gasteiger partial charge in [0.15, 0.2) is 0 Å². The number of hydrogen-bond acceptors (Lipinski definition) is 3. The molecule has 88 valence electrons. The lowest BCUT2D eigenvalue weighted by atomic mass is 10.2. The zero-order valence-corrected chi connectivity index (χ0v) is 10.2. The van der Waals surface area contributed by atoms with Gasteiger partial charge in [-0.25, -0.2) is 8.42 Å². The average Bonchev–Trinajstić information content (AvgIpc) is 2.17. The highest BCUT2D eigenvalue weighted by Crippen LogP contribution is 2.10. The predicted molar refractivity (Wildman–Crippen MR) is 64.3 cm³/mol. The first-order chi connectivity index (χ1) is 7.45. The summed E-state index contributed by atoms with van der Waals surface area (Å²) in [7, 11) is -3.47. The third-order valence-corrected chi connectivity index (χ3v) is 3.53. The average molecular weight is 240 g/mol. The number of benzene rings is 1. The van der Waals surface area contributed by atoms with E-state index in [1.807, 2.05) is 6.92 Å². The van der Waals surface area contributed by atoms with Gasteiger partial charge >= 0.3 is 0 Å². The molecule has 0 aromatic heterocycles. The van der Waals surface area contributed by atoms with Crippen LogP contribution in [0.3, 0.4) is 0 Å². The largest absolute Gasteiger partial charge is 0.327 e. The van der Waals surface area contributed by atoms with E-state index in [4.69, 9.17) is 5.73 Å². The van der Waals surface area contributed by atoms with Crippen molar-refractivity contribution in [3.63, 3.8) is 0 Å². The van der Waals surface area contributed by atoms with Gasteiger partial charge in [0.1, 0.15) is 0 Å². The van der Waals surface area contributed by atoms with Crippen LogP contribution < -0.4 is 10.5 Å². The Morgan fingerprint density at radius 3 is 2.44 bits per heavy atom. The van der Waals surface area contributed by atoms with Gasteiger partial charge in [-0.2, -0.15) is 0 Å². The van der Waals surface area contributed by atoms with Gasteiger partial charge in [-0.15, -0.1) is 0 Å². The Kier molecular flexibility index (Phi) is 4.09. The maximum atomic E-state index is 11.8. The molecule has 0 saturated carbocycles. The number of nitrogens with one attached hydrogen (secondary N) is 1. The smallest absolute Gasteiger partial charge is 0.261 e. The highest BCUT2D eigenvalue weighted by Gasteiger charge is 2.12. The third-order valence-electron chi connectivity index (χ3n) is 2.05. The van der Waals surface area contributed by atoms with Crippen LogP contribution in [0.5, 0.6) is 0 Å². The summed E-state index contributed by atoms with van der Waals surface area (Å²) in [5.74, 6) is 0. The minimum Gasteiger partial charge on any atom is -0.327 e. The van der Waals surface area contributed by atoms with Crippen LogP contribution in [0.25, 0.3) is 0 Å². The minimum absolute atomic E-state index is 0.253. The van der Waals surface area contributed by atoms with Crippen LogP contribution in [-0.2, 0) is 10.0 Å². The Morgan fingerprint density at radius 1 is 1.38 bits per heavy atom. The molecule has 0 amide bonds. The molecule has 0 spiro atoms. The summed E-state index contributed by atoms with van der Waals surface area (Å²) in [4.78, 5) is 0.253. The first-order valence-electron chi connectivity index (χ1n) is 4.92. The number of nitrogens with two attached hydrogens (primary N) is 1. The summed E-state index contributed by atoms with van der Waals surface area (Å²) < 4.78 is 26.1. The Morgan fingerprint density at radius 2 is 1.94 bits per heavy atom. The molecule has 5 heteroatoms. The van der Waals surface area contributed by atoms with Crippen LogP contribution in [0.1, 0.15) is 12.5 Å². The van der Waals surface area contributed by atoms with Crippen molar-refractivity contribution < 1.29 is 8.42 Å². The Bertz CT molecular complexity index is 475. The highest BCUT2D eigenvalue weighted by atomic mass is 32.2. The van der Waals surface area contributed by atoms with Crippen LogP contribution in [-0.4, -0.2) is 15.0 Å². The van der Waals surface area contributed by atoms with Gasteiger partial charge < -0.3 is 5.73 Å². The van der Waals surface area contributed by atoms with Crippen molar-refractivity contribution in [2.24, 2.45) is 5.73 Å². The second kappa shape index (κ2) is 5.14. The topological polar surface area (TPSA) is 72.2 Å². The van der Waals surface area contributed by atoms with Crippen LogP contribution in [0.4, 0.5) is 0 Å². The lowest BCUT2D eigenvalue weighted by Gasteiger charge is -2.08. The summed E-state index contributed by atoms with van der Waals surface area (Å²) in [5.41, 5.74) is 6.85. The zero-order chi connectivity index (χ0) is 12.2. The molecule has 1 aromatic carbocycles. The van der Waals surface area contributed by atoms with Gasteiger partial charge in [0, 0.05) is 12.2 Å². The quantitative estimate of drug-likeness (QED) is 0.829. The first kappa shape index (κ1) is 12.7. The standard InChI is InChI=1S/C11H16N2O2S/c1-9-3-5-11(6-4-9)16(14,15)13-10(2)7-8-12/h3-7,13H,8,12H2,1-2H3/b10-7-. The van der Waals surface area contributed by atoms with E-state index >= 15 is 0 Å². The number of allylic oxidation sites excluding steroid dienone is 1. The van der Waals surface area contributed by atoms with Crippen molar-refractivity contribution in [3.8, 4) is 0 Å². The summed E-state index contributed by atoms with van der Waals surface area (Å²) in [6, 6.07) is 6.67. The van der Waals surface area contributed by atoms with Crippen molar-refractivity contribution in [2.45, 2.75) is 18.7 Å². The maximum Gasteiger partial charge on any atom is 0.261 e. The number of rotatable bonds is 4. The summed E-state index contributed by atoms with van der Waals surface area (Å²) >= 11 is 0. The van der Waals surface area contributed by atoms with Gasteiger partial charge in [0.25, 0.3) is 10.0 Å². The molecule has 0 aliphatic carbocycles. The second-order valence-electron chi connectivity index (χ2n) is 3.54. The van der Waals surface area contributed by atoms with Crippen LogP contribution in [0.2, 0.25) is 0 Å². The first-order valence-corrected chi connectivity index (χ1v) is 6.40. The third kappa shape index (κ3) is 3.36. The lowest BCUT2D eigenvalue weighted by molar-refractivity contribution is 0.588. The van der Waals surface area contributed by atoms with E-state index < -0.39 is 10.0 Å². The van der Waals surface area contributed by atoms with Crippen molar-refractivity contribution in [1.82, 2.24) is 4.72 Å². The molecule has 1 rings (SSSR count). The molecule has 0 bridgehead atoms. The molecule has 3 N–H and O–H groups in total. The number of hydrogen-bond donors (Lipinski definition) is 2. The van der Waals surface area contributed by atoms with Crippen LogP contribution in [0, 0.1) is 6.92 Å². The molecule has 0 atom stereocenters. The highest BCUT2D eigenvalue weighted by molar-refractivity contribution is 7.89. The Balaban J connectivity index is 2.95. The molecular weight excluding hydrogens is 224 g/mol. The van der Waals surface area contributed by atoms with Gasteiger partial charge in [-0.05, 0) is 26.0 Å². The molecule has 0 unspecified atom stereocenters. The second-order valence-corrected chi connectivity index (χ2v) is 5.22. The van der Waals surface area contributed by atoms with Crippen LogP contribution in [0.15, 0.2) is 40.9 Å². The normalized spacial score (nSPS) is 12.6. The van der Waals surface area contributed by atoms with Gasteiger partial charge in [-0.1, -0.05) is 23.8 Å². The van der Waals surface area contributed by atoms with E-state index in [0.29, 0.717) is 12.2 Å². The molecule has 4 nitrogen and oxygen atoms in total. The summed E-state index contributed by atoms with van der Waals surface area (Å²) in [6.45, 7) is 3.88. The fraction of sp³-hybridized carbons (Fsp3) is 0.273. The SMILES string of the molecule is C/C(=C/CN)NS(=O)(=O)c1ccc(C)cc1.